The first-order valence-electron chi connectivity index (χ1n) is 14.7. The van der Waals surface area contributed by atoms with Crippen LogP contribution in [-0.2, 0) is 16.0 Å². The lowest BCUT2D eigenvalue weighted by Gasteiger charge is -2.47. The SMILES string of the molecule is [2H]c1c2c(c([2H])c(OC)c1OC)C1([2H])CC(OC(=O)[C@@H](N)C(C)C)C(C([2H])([2H])C([2H])(C)C([2H])([2H])[2H])CN1CC2. The molecule has 2 N–H and O–H groups in total. The zero-order valence-corrected chi connectivity index (χ0v) is 18.3. The predicted molar refractivity (Wildman–Crippen MR) is 118 cm³/mol. The Morgan fingerprint density at radius 1 is 1.40 bits per heavy atom. The molecule has 1 saturated heterocycles. The zero-order valence-electron chi connectivity index (χ0n) is 27.3. The number of fused-ring (bicyclic) bond motifs is 3. The first-order valence-corrected chi connectivity index (χ1v) is 10.2. The number of rotatable bonds is 7. The standard InChI is InChI=1S/C24H38N2O4/c1-14(2)9-17-13-26-8-7-16-10-21(28-5)22(29-6)11-18(16)19(26)12-20(17)30-24(27)23(25)15(3)4/h10-11,14-15,17,19-20,23H,7-9,12-13,25H2,1-6H3/t17?,19?,20?,23-/m0/s1/i1D3,9D2,10D,11D,14D,19D/t14?,17?,19?,20?,23-. The molecule has 4 unspecified atom stereocenters. The minimum atomic E-state index is -3.00. The second kappa shape index (κ2) is 9.56. The summed E-state index contributed by atoms with van der Waals surface area (Å²) >= 11 is 0. The number of nitrogens with zero attached hydrogens (tertiary/aromatic N) is 1. The zero-order chi connectivity index (χ0) is 29.9. The Morgan fingerprint density at radius 2 is 2.10 bits per heavy atom. The molecule has 0 radical (unpaired) electrons. The fraction of sp³-hybridized carbons (Fsp3) is 0.708. The Labute approximate surface area is 193 Å². The van der Waals surface area contributed by atoms with Gasteiger partial charge in [0.05, 0.1) is 18.3 Å². The van der Waals surface area contributed by atoms with Gasteiger partial charge in [0.15, 0.2) is 11.5 Å². The second-order valence-corrected chi connectivity index (χ2v) is 8.14. The summed E-state index contributed by atoms with van der Waals surface area (Å²) in [4.78, 5) is 14.6. The monoisotopic (exact) mass is 427 g/mol. The van der Waals surface area contributed by atoms with Crippen LogP contribution in [0.4, 0.5) is 0 Å². The minimum absolute atomic E-state index is 0.0244. The number of hydrogen-bond acceptors (Lipinski definition) is 6. The molecule has 0 spiro atoms. The van der Waals surface area contributed by atoms with Crippen LogP contribution < -0.4 is 15.2 Å². The van der Waals surface area contributed by atoms with Crippen molar-refractivity contribution in [2.45, 2.75) is 65.0 Å². The molecule has 2 heterocycles. The molecule has 0 bridgehead atoms. The molecule has 6 nitrogen and oxygen atoms in total. The van der Waals surface area contributed by atoms with Gasteiger partial charge in [0.1, 0.15) is 12.1 Å². The van der Waals surface area contributed by atoms with Crippen LogP contribution in [0.15, 0.2) is 12.1 Å². The van der Waals surface area contributed by atoms with Gasteiger partial charge in [-0.05, 0) is 47.8 Å². The fourth-order valence-corrected chi connectivity index (χ4v) is 3.92. The van der Waals surface area contributed by atoms with Crippen molar-refractivity contribution in [1.29, 1.82) is 0 Å². The van der Waals surface area contributed by atoms with Crippen molar-refractivity contribution >= 4 is 5.97 Å². The molecular formula is C24H38N2O4. The highest BCUT2D eigenvalue weighted by molar-refractivity contribution is 5.76. The van der Waals surface area contributed by atoms with E-state index in [0.29, 0.717) is 5.56 Å². The molecule has 168 valence electrons. The van der Waals surface area contributed by atoms with Gasteiger partial charge in [0, 0.05) is 39.7 Å². The number of hydrogen-bond donors (Lipinski definition) is 1. The molecule has 3 rings (SSSR count). The van der Waals surface area contributed by atoms with E-state index in [4.69, 9.17) is 30.9 Å². The van der Waals surface area contributed by atoms with E-state index in [-0.39, 0.29) is 61.0 Å². The molecule has 6 heteroatoms. The summed E-state index contributed by atoms with van der Waals surface area (Å²) in [5, 5.41) is 0. The van der Waals surface area contributed by atoms with E-state index in [1.54, 1.807) is 18.7 Å². The van der Waals surface area contributed by atoms with Gasteiger partial charge in [0.25, 0.3) is 0 Å². The van der Waals surface area contributed by atoms with Crippen LogP contribution in [0.3, 0.4) is 0 Å². The number of nitrogens with two attached hydrogens (primary N) is 1. The van der Waals surface area contributed by atoms with Crippen molar-refractivity contribution in [2.24, 2.45) is 23.5 Å². The van der Waals surface area contributed by atoms with Gasteiger partial charge in [-0.1, -0.05) is 27.6 Å². The van der Waals surface area contributed by atoms with Gasteiger partial charge in [-0.25, -0.2) is 0 Å². The van der Waals surface area contributed by atoms with Crippen molar-refractivity contribution in [3.8, 4) is 11.5 Å². The number of piperidine rings is 1. The average molecular weight is 428 g/mol. The molecule has 2 aliphatic rings. The number of carbonyl (C=O) groups is 1. The van der Waals surface area contributed by atoms with Crippen molar-refractivity contribution in [2.75, 3.05) is 27.3 Å². The van der Waals surface area contributed by atoms with Gasteiger partial charge in [-0.2, -0.15) is 0 Å². The minimum Gasteiger partial charge on any atom is -0.493 e. The Kier molecular flexibility index (Phi) is 4.33. The van der Waals surface area contributed by atoms with E-state index >= 15 is 0 Å². The average Bonchev–Trinajstić information content (AvgIpc) is 2.82. The van der Waals surface area contributed by atoms with Crippen LogP contribution in [-0.4, -0.2) is 50.3 Å². The van der Waals surface area contributed by atoms with Crippen LogP contribution in [0.2, 0.25) is 0 Å². The van der Waals surface area contributed by atoms with Crippen LogP contribution in [0.5, 0.6) is 11.5 Å². The maximum Gasteiger partial charge on any atom is 0.323 e. The van der Waals surface area contributed by atoms with Gasteiger partial charge >= 0.3 is 5.97 Å². The summed E-state index contributed by atoms with van der Waals surface area (Å²) in [6, 6.07) is -2.98. The molecule has 1 aromatic carbocycles. The number of methoxy groups -OCH3 is 2. The predicted octanol–water partition coefficient (Wildman–Crippen LogP) is 3.56. The second-order valence-electron chi connectivity index (χ2n) is 8.14. The van der Waals surface area contributed by atoms with E-state index in [1.165, 1.54) is 14.2 Å². The molecule has 30 heavy (non-hydrogen) atoms. The van der Waals surface area contributed by atoms with Crippen LogP contribution in [0.25, 0.3) is 0 Å². The van der Waals surface area contributed by atoms with E-state index in [0.717, 1.165) is 6.92 Å². The largest absolute Gasteiger partial charge is 0.493 e. The number of esters is 1. The smallest absolute Gasteiger partial charge is 0.323 e. The van der Waals surface area contributed by atoms with Crippen LogP contribution >= 0.6 is 0 Å². The highest BCUT2D eigenvalue weighted by Crippen LogP contribution is 2.44. The normalized spacial score (nSPS) is 34.6. The molecular weight excluding hydrogens is 380 g/mol. The third kappa shape index (κ3) is 4.75. The third-order valence-corrected chi connectivity index (χ3v) is 5.64. The maximum atomic E-state index is 13.0. The summed E-state index contributed by atoms with van der Waals surface area (Å²) in [5.74, 6) is -4.96. The van der Waals surface area contributed by atoms with Crippen molar-refractivity contribution in [3.05, 3.63) is 23.2 Å². The Bertz CT molecular complexity index is 1110. The Balaban J connectivity index is 2.20. The van der Waals surface area contributed by atoms with Crippen molar-refractivity contribution in [3.63, 3.8) is 0 Å². The number of carbonyl (C=O) groups excluding carboxylic acids is 1. The summed E-state index contributed by atoms with van der Waals surface area (Å²) in [6.07, 6.45) is -4.12. The summed E-state index contributed by atoms with van der Waals surface area (Å²) in [5.41, 5.74) is 6.57. The molecule has 0 saturated carbocycles. The van der Waals surface area contributed by atoms with Gasteiger partial charge in [-0.15, -0.1) is 0 Å². The first-order chi connectivity index (χ1) is 17.8. The van der Waals surface area contributed by atoms with Gasteiger partial charge in [0.2, 0.25) is 0 Å². The highest BCUT2D eigenvalue weighted by atomic mass is 16.5. The van der Waals surface area contributed by atoms with E-state index in [1.807, 2.05) is 0 Å². The Hall–Kier alpha value is -1.79. The number of benzene rings is 1. The molecule has 5 atom stereocenters. The van der Waals surface area contributed by atoms with Gasteiger partial charge < -0.3 is 19.9 Å². The number of ether oxygens (including phenoxy) is 3. The lowest BCUT2D eigenvalue weighted by atomic mass is 9.79. The highest BCUT2D eigenvalue weighted by Gasteiger charge is 2.41. The van der Waals surface area contributed by atoms with Crippen LogP contribution in [0.1, 0.15) is 69.9 Å². The van der Waals surface area contributed by atoms with E-state index in [9.17, 15) is 6.17 Å². The summed E-state index contributed by atoms with van der Waals surface area (Å²) < 4.78 is 93.3. The van der Waals surface area contributed by atoms with Crippen molar-refractivity contribution < 1.29 is 31.3 Å². The van der Waals surface area contributed by atoms with Crippen LogP contribution in [0, 0.1) is 17.7 Å². The fourth-order valence-electron chi connectivity index (χ4n) is 3.92. The van der Waals surface area contributed by atoms with E-state index in [2.05, 4.69) is 0 Å². The van der Waals surface area contributed by atoms with E-state index < -0.39 is 49.2 Å². The lowest BCUT2D eigenvalue weighted by molar-refractivity contribution is -0.160. The molecule has 1 aromatic rings. The quantitative estimate of drug-likeness (QED) is 0.671. The Morgan fingerprint density at radius 3 is 2.73 bits per heavy atom. The molecule has 1 fully saturated rings. The topological polar surface area (TPSA) is 74.0 Å². The first kappa shape index (κ1) is 13.6. The van der Waals surface area contributed by atoms with Gasteiger partial charge in [-0.3, -0.25) is 9.69 Å². The third-order valence-electron chi connectivity index (χ3n) is 5.64. The van der Waals surface area contributed by atoms with Crippen molar-refractivity contribution in [1.82, 2.24) is 4.90 Å². The summed E-state index contributed by atoms with van der Waals surface area (Å²) in [7, 11) is 2.68. The molecule has 0 aromatic heterocycles. The lowest BCUT2D eigenvalue weighted by Crippen LogP contribution is -2.51. The maximum absolute atomic E-state index is 13.0. The summed E-state index contributed by atoms with van der Waals surface area (Å²) in [6.45, 7) is 1.40. The molecule has 2 aliphatic heterocycles. The molecule has 0 amide bonds. The molecule has 0 aliphatic carbocycles.